The largest absolute Gasteiger partial charge is 0.489 e. The van der Waals surface area contributed by atoms with Crippen LogP contribution in [0.4, 0.5) is 0 Å². The molecule has 1 aromatic heterocycles. The highest BCUT2D eigenvalue weighted by atomic mass is 28.3. The average Bonchev–Trinajstić information content (AvgIpc) is 3.47. The number of fused-ring (bicyclic) bond motifs is 2. The lowest BCUT2D eigenvalue weighted by Gasteiger charge is -2.15. The summed E-state index contributed by atoms with van der Waals surface area (Å²) < 4.78 is 24.0. The number of ether oxygens (including phenoxy) is 4. The van der Waals surface area contributed by atoms with Gasteiger partial charge < -0.3 is 23.5 Å². The lowest BCUT2D eigenvalue weighted by molar-refractivity contribution is -0.134. The van der Waals surface area contributed by atoms with Crippen molar-refractivity contribution in [2.45, 2.75) is 38.8 Å². The summed E-state index contributed by atoms with van der Waals surface area (Å²) in [5.41, 5.74) is 4.52. The van der Waals surface area contributed by atoms with Crippen LogP contribution in [0.5, 0.6) is 5.75 Å². The number of hydrogen-bond acceptors (Lipinski definition) is 7. The molecule has 0 unspecified atom stereocenters. The van der Waals surface area contributed by atoms with Gasteiger partial charge >= 0.3 is 11.9 Å². The summed E-state index contributed by atoms with van der Waals surface area (Å²) in [6, 6.07) is 37.2. The predicted octanol–water partition coefficient (Wildman–Crippen LogP) is 9.31. The lowest BCUT2D eigenvalue weighted by Crippen LogP contribution is -2.22. The highest BCUT2D eigenvalue weighted by Crippen LogP contribution is 2.34. The van der Waals surface area contributed by atoms with Gasteiger partial charge in [-0.05, 0) is 70.4 Å². The third-order valence-corrected chi connectivity index (χ3v) is 10.6. The molecule has 1 heterocycles. The van der Waals surface area contributed by atoms with Crippen molar-refractivity contribution in [1.29, 1.82) is 0 Å². The Bertz CT molecular complexity index is 2270. The Hall–Kier alpha value is -5.77. The molecule has 5 aromatic carbocycles. The second-order valence-electron chi connectivity index (χ2n) is 14.0. The SMILES string of the molecule is COC(=O)/C=C/c1c(C(=O)c2ccc3ccccc3c2)c2cc(OCc3ccccc3)ccc2n1Cc1ccc(C(=O)OCOCC[Si](C)(C)C)cc1. The molecule has 53 heavy (non-hydrogen) atoms. The van der Waals surface area contributed by atoms with Gasteiger partial charge in [-0.15, -0.1) is 0 Å². The van der Waals surface area contributed by atoms with Gasteiger partial charge in [0.15, 0.2) is 12.6 Å². The van der Waals surface area contributed by atoms with Crippen LogP contribution in [0.25, 0.3) is 27.8 Å². The van der Waals surface area contributed by atoms with E-state index in [0.717, 1.165) is 33.5 Å². The third-order valence-electron chi connectivity index (χ3n) is 8.94. The fourth-order valence-electron chi connectivity index (χ4n) is 6.00. The maximum Gasteiger partial charge on any atom is 0.340 e. The van der Waals surface area contributed by atoms with Crippen molar-refractivity contribution in [1.82, 2.24) is 4.57 Å². The highest BCUT2D eigenvalue weighted by molar-refractivity contribution is 6.76. The summed E-state index contributed by atoms with van der Waals surface area (Å²) in [6.45, 7) is 7.95. The standard InChI is InChI=1S/C44H43NO7Si/c1-49-41(46)23-22-40-42(43(47)36-19-18-33-12-8-9-13-35(33)26-36)38-27-37(51-29-32-10-6-5-7-11-32)20-21-39(38)45(40)28-31-14-16-34(17-15-31)44(48)52-30-50-24-25-53(2,3)4/h5-23,26-27H,24-25,28-30H2,1-4H3/b23-22+. The van der Waals surface area contributed by atoms with Gasteiger partial charge in [0.1, 0.15) is 12.4 Å². The van der Waals surface area contributed by atoms with Gasteiger partial charge in [0, 0.05) is 43.8 Å². The molecule has 0 amide bonds. The van der Waals surface area contributed by atoms with Crippen molar-refractivity contribution in [3.05, 3.63) is 155 Å². The molecule has 0 radical (unpaired) electrons. The van der Waals surface area contributed by atoms with E-state index in [1.807, 2.05) is 108 Å². The first-order valence-corrected chi connectivity index (χ1v) is 21.3. The number of esters is 2. The van der Waals surface area contributed by atoms with Crippen molar-refractivity contribution in [2.75, 3.05) is 20.5 Å². The first-order valence-electron chi connectivity index (χ1n) is 17.6. The second-order valence-corrected chi connectivity index (χ2v) is 19.6. The number of nitrogens with zero attached hydrogens (tertiary/aromatic N) is 1. The fraction of sp³-hybridized carbons (Fsp3) is 0.205. The molecule has 6 rings (SSSR count). The quantitative estimate of drug-likeness (QED) is 0.0260. The number of ketones is 1. The number of benzene rings is 5. The van der Waals surface area contributed by atoms with Crippen LogP contribution < -0.4 is 4.74 Å². The van der Waals surface area contributed by atoms with E-state index in [2.05, 4.69) is 19.6 Å². The van der Waals surface area contributed by atoms with Crippen molar-refractivity contribution in [2.24, 2.45) is 0 Å². The zero-order chi connectivity index (χ0) is 37.4. The molecule has 0 N–H and O–H groups in total. The summed E-state index contributed by atoms with van der Waals surface area (Å²) in [6.07, 6.45) is 2.94. The van der Waals surface area contributed by atoms with E-state index < -0.39 is 20.0 Å². The monoisotopic (exact) mass is 725 g/mol. The Morgan fingerprint density at radius 3 is 2.21 bits per heavy atom. The van der Waals surface area contributed by atoms with Crippen LogP contribution in [0.1, 0.15) is 43.1 Å². The fourth-order valence-corrected chi connectivity index (χ4v) is 6.76. The summed E-state index contributed by atoms with van der Waals surface area (Å²) in [4.78, 5) is 39.8. The van der Waals surface area contributed by atoms with Gasteiger partial charge in [-0.2, -0.15) is 0 Å². The molecule has 0 aliphatic heterocycles. The average molecular weight is 726 g/mol. The number of carbonyl (C=O) groups excluding carboxylic acids is 3. The summed E-state index contributed by atoms with van der Waals surface area (Å²) >= 11 is 0. The summed E-state index contributed by atoms with van der Waals surface area (Å²) in [5, 5.41) is 2.64. The van der Waals surface area contributed by atoms with Crippen molar-refractivity contribution >= 4 is 53.5 Å². The van der Waals surface area contributed by atoms with Crippen LogP contribution in [0.2, 0.25) is 25.7 Å². The smallest absolute Gasteiger partial charge is 0.340 e. The topological polar surface area (TPSA) is 93.1 Å². The van der Waals surface area contributed by atoms with Crippen LogP contribution in [0.15, 0.2) is 121 Å². The van der Waals surface area contributed by atoms with Crippen molar-refractivity contribution in [3.63, 3.8) is 0 Å². The van der Waals surface area contributed by atoms with Gasteiger partial charge in [-0.1, -0.05) is 98.5 Å². The molecule has 0 fully saturated rings. The number of carbonyl (C=O) groups is 3. The second kappa shape index (κ2) is 16.7. The Balaban J connectivity index is 1.37. The molecule has 0 saturated carbocycles. The van der Waals surface area contributed by atoms with Gasteiger partial charge in [0.05, 0.1) is 23.9 Å². The molecule has 8 nitrogen and oxygen atoms in total. The molecule has 6 aromatic rings. The maximum absolute atomic E-state index is 14.6. The van der Waals surface area contributed by atoms with Crippen LogP contribution >= 0.6 is 0 Å². The van der Waals surface area contributed by atoms with Crippen LogP contribution in [0, 0.1) is 0 Å². The molecular formula is C44H43NO7Si. The van der Waals surface area contributed by atoms with Crippen molar-refractivity contribution in [3.8, 4) is 5.75 Å². The predicted molar refractivity (Wildman–Crippen MR) is 211 cm³/mol. The van der Waals surface area contributed by atoms with E-state index in [1.165, 1.54) is 13.2 Å². The molecule has 0 aliphatic carbocycles. The zero-order valence-corrected chi connectivity index (χ0v) is 31.5. The third kappa shape index (κ3) is 9.37. The Morgan fingerprint density at radius 1 is 0.755 bits per heavy atom. The van der Waals surface area contributed by atoms with Crippen LogP contribution in [-0.4, -0.2) is 50.9 Å². The Kier molecular flexibility index (Phi) is 11.7. The lowest BCUT2D eigenvalue weighted by atomic mass is 9.97. The van der Waals surface area contributed by atoms with E-state index in [-0.39, 0.29) is 12.6 Å². The van der Waals surface area contributed by atoms with Crippen molar-refractivity contribution < 1.29 is 33.3 Å². The van der Waals surface area contributed by atoms with E-state index in [4.69, 9.17) is 18.9 Å². The highest BCUT2D eigenvalue weighted by Gasteiger charge is 2.24. The molecule has 0 aliphatic rings. The van der Waals surface area contributed by atoms with E-state index in [1.54, 1.807) is 18.2 Å². The Labute approximate surface area is 310 Å². The first kappa shape index (κ1) is 37.0. The van der Waals surface area contributed by atoms with E-state index in [9.17, 15) is 14.4 Å². The number of rotatable bonds is 15. The van der Waals surface area contributed by atoms with Gasteiger partial charge in [0.2, 0.25) is 0 Å². The molecule has 0 saturated heterocycles. The minimum absolute atomic E-state index is 0.0959. The van der Waals surface area contributed by atoms with E-state index >= 15 is 0 Å². The van der Waals surface area contributed by atoms with Crippen LogP contribution in [0.3, 0.4) is 0 Å². The van der Waals surface area contributed by atoms with E-state index in [0.29, 0.717) is 53.3 Å². The minimum Gasteiger partial charge on any atom is -0.489 e. The van der Waals surface area contributed by atoms with Gasteiger partial charge in [-0.25, -0.2) is 9.59 Å². The molecule has 0 atom stereocenters. The number of aromatic nitrogens is 1. The molecule has 0 spiro atoms. The number of methoxy groups -OCH3 is 1. The zero-order valence-electron chi connectivity index (χ0n) is 30.5. The molecule has 0 bridgehead atoms. The van der Waals surface area contributed by atoms with Crippen LogP contribution in [-0.2, 0) is 32.2 Å². The summed E-state index contributed by atoms with van der Waals surface area (Å²) in [5.74, 6) is -0.620. The number of hydrogen-bond donors (Lipinski definition) is 0. The maximum atomic E-state index is 14.6. The Morgan fingerprint density at radius 2 is 1.47 bits per heavy atom. The normalized spacial score (nSPS) is 11.6. The first-order chi connectivity index (χ1) is 25.6. The van der Waals surface area contributed by atoms with Gasteiger partial charge in [-0.3, -0.25) is 4.79 Å². The molecule has 9 heteroatoms. The molecular weight excluding hydrogens is 683 g/mol. The molecule has 270 valence electrons. The minimum atomic E-state index is -1.24. The summed E-state index contributed by atoms with van der Waals surface area (Å²) in [7, 11) is 0.0683. The van der Waals surface area contributed by atoms with Gasteiger partial charge in [0.25, 0.3) is 0 Å².